The van der Waals surface area contributed by atoms with Crippen LogP contribution < -0.4 is 16.0 Å². The van der Waals surface area contributed by atoms with Crippen LogP contribution in [0.3, 0.4) is 0 Å². The van der Waals surface area contributed by atoms with E-state index in [-0.39, 0.29) is 11.0 Å². The van der Waals surface area contributed by atoms with Gasteiger partial charge in [0.15, 0.2) is 11.0 Å². The van der Waals surface area contributed by atoms with Crippen molar-refractivity contribution >= 4 is 29.5 Å². The summed E-state index contributed by atoms with van der Waals surface area (Å²) in [6.07, 6.45) is -0.389. The van der Waals surface area contributed by atoms with Crippen LogP contribution in [0, 0.1) is 0 Å². The van der Waals surface area contributed by atoms with Gasteiger partial charge < -0.3 is 21.1 Å². The Kier molecular flexibility index (Phi) is 3.12. The Morgan fingerprint density at radius 2 is 2.33 bits per heavy atom. The largest absolute Gasteiger partial charge is 0.465 e. The molecule has 0 bridgehead atoms. The zero-order chi connectivity index (χ0) is 13.3. The molecule has 18 heavy (non-hydrogen) atoms. The average molecular weight is 273 g/mol. The van der Waals surface area contributed by atoms with Crippen LogP contribution in [-0.2, 0) is 0 Å². The van der Waals surface area contributed by atoms with Gasteiger partial charge in [0.1, 0.15) is 0 Å². The van der Waals surface area contributed by atoms with Crippen molar-refractivity contribution in [1.29, 1.82) is 0 Å². The first-order chi connectivity index (χ1) is 8.39. The fourth-order valence-corrected chi connectivity index (χ4v) is 2.02. The smallest absolute Gasteiger partial charge is 0.405 e. The molecule has 0 saturated carbocycles. The molecule has 8 nitrogen and oxygen atoms in total. The standard InChI is InChI=1S/C9H13ClN6O2/c1-9(13-8(17)18)2-3-16(4-9)7-12-6(11)5(10)14-15-7/h13H,2-4H2,1H3,(H,17,18)(H2,11,12,15). The minimum atomic E-state index is -1.05. The Morgan fingerprint density at radius 3 is 2.94 bits per heavy atom. The zero-order valence-electron chi connectivity index (χ0n) is 9.72. The van der Waals surface area contributed by atoms with Crippen LogP contribution in [0.4, 0.5) is 16.6 Å². The van der Waals surface area contributed by atoms with Crippen molar-refractivity contribution < 1.29 is 9.90 Å². The lowest BCUT2D eigenvalue weighted by molar-refractivity contribution is 0.182. The summed E-state index contributed by atoms with van der Waals surface area (Å²) in [6, 6.07) is 0. The lowest BCUT2D eigenvalue weighted by Crippen LogP contribution is -2.47. The molecule has 1 aliphatic heterocycles. The van der Waals surface area contributed by atoms with E-state index in [1.807, 2.05) is 11.8 Å². The molecule has 1 saturated heterocycles. The maximum absolute atomic E-state index is 10.7. The van der Waals surface area contributed by atoms with Crippen molar-refractivity contribution in [1.82, 2.24) is 20.5 Å². The van der Waals surface area contributed by atoms with E-state index in [4.69, 9.17) is 22.4 Å². The lowest BCUT2D eigenvalue weighted by atomic mass is 10.0. The number of rotatable bonds is 2. The fraction of sp³-hybridized carbons (Fsp3) is 0.556. The highest BCUT2D eigenvalue weighted by Gasteiger charge is 2.36. The summed E-state index contributed by atoms with van der Waals surface area (Å²) < 4.78 is 0. The number of halogens is 1. The van der Waals surface area contributed by atoms with Crippen molar-refractivity contribution in [2.24, 2.45) is 0 Å². The Hall–Kier alpha value is -1.83. The highest BCUT2D eigenvalue weighted by molar-refractivity contribution is 6.31. The lowest BCUT2D eigenvalue weighted by Gasteiger charge is -2.24. The van der Waals surface area contributed by atoms with Gasteiger partial charge in [-0.2, -0.15) is 4.98 Å². The molecule has 0 radical (unpaired) electrons. The second-order valence-electron chi connectivity index (χ2n) is 4.45. The average Bonchev–Trinajstić information content (AvgIpc) is 2.63. The highest BCUT2D eigenvalue weighted by Crippen LogP contribution is 2.25. The molecule has 1 aromatic heterocycles. The first-order valence-corrected chi connectivity index (χ1v) is 5.69. The van der Waals surface area contributed by atoms with Crippen molar-refractivity contribution in [3.05, 3.63) is 5.15 Å². The summed E-state index contributed by atoms with van der Waals surface area (Å²) in [5.41, 5.74) is 5.03. The number of carbonyl (C=O) groups is 1. The van der Waals surface area contributed by atoms with E-state index in [0.717, 1.165) is 0 Å². The van der Waals surface area contributed by atoms with Gasteiger partial charge in [-0.15, -0.1) is 10.2 Å². The van der Waals surface area contributed by atoms with E-state index < -0.39 is 11.6 Å². The molecule has 2 heterocycles. The van der Waals surface area contributed by atoms with Crippen molar-refractivity contribution in [2.45, 2.75) is 18.9 Å². The van der Waals surface area contributed by atoms with Gasteiger partial charge >= 0.3 is 6.09 Å². The summed E-state index contributed by atoms with van der Waals surface area (Å²) >= 11 is 5.64. The van der Waals surface area contributed by atoms with E-state index in [9.17, 15) is 4.79 Å². The summed E-state index contributed by atoms with van der Waals surface area (Å²) in [5, 5.41) is 18.8. The number of hydrogen-bond acceptors (Lipinski definition) is 6. The topological polar surface area (TPSA) is 117 Å². The van der Waals surface area contributed by atoms with Gasteiger partial charge in [0.25, 0.3) is 0 Å². The highest BCUT2D eigenvalue weighted by atomic mass is 35.5. The second-order valence-corrected chi connectivity index (χ2v) is 4.81. The molecule has 4 N–H and O–H groups in total. The molecule has 1 fully saturated rings. The van der Waals surface area contributed by atoms with E-state index in [1.54, 1.807) is 0 Å². The molecule has 0 aliphatic carbocycles. The third-order valence-electron chi connectivity index (χ3n) is 2.82. The first-order valence-electron chi connectivity index (χ1n) is 5.31. The van der Waals surface area contributed by atoms with Crippen LogP contribution >= 0.6 is 11.6 Å². The van der Waals surface area contributed by atoms with Crippen molar-refractivity contribution in [3.63, 3.8) is 0 Å². The van der Waals surface area contributed by atoms with E-state index in [1.165, 1.54) is 0 Å². The van der Waals surface area contributed by atoms with Crippen LogP contribution in [0.2, 0.25) is 5.15 Å². The number of carboxylic acid groups (broad SMARTS) is 1. The number of nitrogens with two attached hydrogens (primary N) is 1. The minimum Gasteiger partial charge on any atom is -0.465 e. The number of nitrogen functional groups attached to an aromatic ring is 1. The SMILES string of the molecule is CC1(NC(=O)O)CCN(c2nnc(Cl)c(N)n2)C1. The van der Waals surface area contributed by atoms with Gasteiger partial charge in [0.2, 0.25) is 5.95 Å². The van der Waals surface area contributed by atoms with Gasteiger partial charge in [-0.25, -0.2) is 4.79 Å². The molecule has 2 rings (SSSR count). The summed E-state index contributed by atoms with van der Waals surface area (Å²) in [4.78, 5) is 16.5. The Morgan fingerprint density at radius 1 is 1.61 bits per heavy atom. The second kappa shape index (κ2) is 4.45. The van der Waals surface area contributed by atoms with Crippen LogP contribution in [0.15, 0.2) is 0 Å². The van der Waals surface area contributed by atoms with Crippen molar-refractivity contribution in [3.8, 4) is 0 Å². The third-order valence-corrected chi connectivity index (χ3v) is 3.09. The summed E-state index contributed by atoms with van der Waals surface area (Å²) in [5.74, 6) is 0.467. The fourth-order valence-electron chi connectivity index (χ4n) is 1.94. The zero-order valence-corrected chi connectivity index (χ0v) is 10.5. The Balaban J connectivity index is 2.12. The van der Waals surface area contributed by atoms with Crippen LogP contribution in [0.5, 0.6) is 0 Å². The first kappa shape index (κ1) is 12.6. The Bertz CT molecular complexity index is 484. The maximum Gasteiger partial charge on any atom is 0.405 e. The maximum atomic E-state index is 10.7. The molecular formula is C9H13ClN6O2. The number of amides is 1. The number of anilines is 2. The molecule has 1 aliphatic rings. The van der Waals surface area contributed by atoms with E-state index in [0.29, 0.717) is 25.5 Å². The summed E-state index contributed by atoms with van der Waals surface area (Å²) in [7, 11) is 0. The molecule has 1 aromatic rings. The molecule has 9 heteroatoms. The molecule has 1 atom stereocenters. The third kappa shape index (κ3) is 2.53. The van der Waals surface area contributed by atoms with Crippen molar-refractivity contribution in [2.75, 3.05) is 23.7 Å². The van der Waals surface area contributed by atoms with Gasteiger partial charge in [0.05, 0.1) is 5.54 Å². The normalized spacial score (nSPS) is 23.1. The molecular weight excluding hydrogens is 260 g/mol. The number of aromatic nitrogens is 3. The van der Waals surface area contributed by atoms with Crippen LogP contribution in [-0.4, -0.2) is 45.0 Å². The molecule has 1 amide bonds. The molecule has 0 spiro atoms. The molecule has 0 aromatic carbocycles. The van der Waals surface area contributed by atoms with E-state index in [2.05, 4.69) is 20.5 Å². The predicted molar refractivity (Wildman–Crippen MR) is 65.6 cm³/mol. The number of nitrogens with one attached hydrogen (secondary N) is 1. The molecule has 1 unspecified atom stereocenters. The van der Waals surface area contributed by atoms with E-state index >= 15 is 0 Å². The van der Waals surface area contributed by atoms with Gasteiger partial charge in [-0.05, 0) is 13.3 Å². The monoisotopic (exact) mass is 272 g/mol. The van der Waals surface area contributed by atoms with Gasteiger partial charge in [-0.3, -0.25) is 0 Å². The quantitative estimate of drug-likeness (QED) is 0.711. The Labute approximate surface area is 108 Å². The molecule has 98 valence electrons. The van der Waals surface area contributed by atoms with Crippen LogP contribution in [0.25, 0.3) is 0 Å². The minimum absolute atomic E-state index is 0.0596. The number of nitrogens with zero attached hydrogens (tertiary/aromatic N) is 4. The van der Waals surface area contributed by atoms with Gasteiger partial charge in [0, 0.05) is 13.1 Å². The van der Waals surface area contributed by atoms with Crippen LogP contribution in [0.1, 0.15) is 13.3 Å². The summed E-state index contributed by atoms with van der Waals surface area (Å²) in [6.45, 7) is 2.91. The van der Waals surface area contributed by atoms with Gasteiger partial charge in [-0.1, -0.05) is 11.6 Å². The number of hydrogen-bond donors (Lipinski definition) is 3. The predicted octanol–water partition coefficient (Wildman–Crippen LogP) is 0.344.